The molecule has 6 rings (SSSR count). The maximum Gasteiger partial charge on any atom is 0.270 e. The number of nitrogens with zero attached hydrogens (tertiary/aromatic N) is 4. The number of aromatic nitrogens is 2. The van der Waals surface area contributed by atoms with E-state index in [9.17, 15) is 20.2 Å². The standard InChI is InChI=1S/2C12H10N2O3/c15-14(16)10-3-1-2-9(6-10)11-7-12(17-13-11)8-4-5-8;15-14(16)10-3-1-2-9(6-10)12-7-11(13-17-12)8-4-5-8/h2*1-3,6-8H,4-5H2. The Balaban J connectivity index is 0.000000142. The van der Waals surface area contributed by atoms with Gasteiger partial charge in [0, 0.05) is 59.4 Å². The van der Waals surface area contributed by atoms with E-state index >= 15 is 0 Å². The second kappa shape index (κ2) is 8.89. The first-order valence-corrected chi connectivity index (χ1v) is 10.9. The fourth-order valence-electron chi connectivity index (χ4n) is 3.53. The molecule has 0 atom stereocenters. The van der Waals surface area contributed by atoms with Gasteiger partial charge in [-0.15, -0.1) is 0 Å². The molecular formula is C24H20N4O6. The molecule has 4 aromatic rings. The lowest BCUT2D eigenvalue weighted by Gasteiger charge is -1.94. The van der Waals surface area contributed by atoms with Gasteiger partial charge in [-0.3, -0.25) is 20.2 Å². The molecular weight excluding hydrogens is 440 g/mol. The van der Waals surface area contributed by atoms with Crippen LogP contribution in [0.4, 0.5) is 11.4 Å². The minimum absolute atomic E-state index is 0.0619. The van der Waals surface area contributed by atoms with Crippen molar-refractivity contribution in [1.82, 2.24) is 10.3 Å². The van der Waals surface area contributed by atoms with Gasteiger partial charge in [-0.25, -0.2) is 0 Å². The number of nitro benzene ring substituents is 2. The van der Waals surface area contributed by atoms with Gasteiger partial charge in [0.05, 0.1) is 15.5 Å². The summed E-state index contributed by atoms with van der Waals surface area (Å²) in [6, 6.07) is 16.5. The van der Waals surface area contributed by atoms with Crippen molar-refractivity contribution in [3.05, 3.63) is 92.3 Å². The van der Waals surface area contributed by atoms with Gasteiger partial charge in [0.15, 0.2) is 5.76 Å². The Morgan fingerprint density at radius 1 is 0.735 bits per heavy atom. The Morgan fingerprint density at radius 2 is 1.35 bits per heavy atom. The largest absolute Gasteiger partial charge is 0.360 e. The van der Waals surface area contributed by atoms with Crippen LogP contribution in [0.5, 0.6) is 0 Å². The van der Waals surface area contributed by atoms with E-state index in [-0.39, 0.29) is 11.4 Å². The molecule has 2 aromatic heterocycles. The van der Waals surface area contributed by atoms with Crippen LogP contribution in [0.3, 0.4) is 0 Å². The zero-order valence-corrected chi connectivity index (χ0v) is 18.0. The van der Waals surface area contributed by atoms with Crippen molar-refractivity contribution in [2.45, 2.75) is 37.5 Å². The van der Waals surface area contributed by atoms with Gasteiger partial charge in [0.2, 0.25) is 0 Å². The third kappa shape index (κ3) is 4.85. The Labute approximate surface area is 193 Å². The summed E-state index contributed by atoms with van der Waals surface area (Å²) in [5.41, 5.74) is 3.15. The molecule has 10 heteroatoms. The van der Waals surface area contributed by atoms with Crippen molar-refractivity contribution in [3.63, 3.8) is 0 Å². The molecule has 2 aliphatic rings. The van der Waals surface area contributed by atoms with Gasteiger partial charge in [-0.05, 0) is 25.7 Å². The maximum absolute atomic E-state index is 10.7. The summed E-state index contributed by atoms with van der Waals surface area (Å²) in [5.74, 6) is 2.49. The van der Waals surface area contributed by atoms with Gasteiger partial charge in [-0.2, -0.15) is 0 Å². The van der Waals surface area contributed by atoms with Crippen molar-refractivity contribution in [3.8, 4) is 22.6 Å². The van der Waals surface area contributed by atoms with E-state index in [0.29, 0.717) is 28.9 Å². The summed E-state index contributed by atoms with van der Waals surface area (Å²) >= 11 is 0. The Bertz CT molecular complexity index is 1250. The minimum Gasteiger partial charge on any atom is -0.360 e. The van der Waals surface area contributed by atoms with Gasteiger partial charge in [-0.1, -0.05) is 34.6 Å². The summed E-state index contributed by atoms with van der Waals surface area (Å²) in [5, 5.41) is 29.3. The number of nitro groups is 2. The van der Waals surface area contributed by atoms with Crippen LogP contribution in [0.1, 0.15) is 49.0 Å². The minimum atomic E-state index is -0.415. The van der Waals surface area contributed by atoms with E-state index in [4.69, 9.17) is 9.05 Å². The molecule has 10 nitrogen and oxygen atoms in total. The third-order valence-electron chi connectivity index (χ3n) is 5.73. The molecule has 172 valence electrons. The van der Waals surface area contributed by atoms with Crippen molar-refractivity contribution in [2.75, 3.05) is 0 Å². The van der Waals surface area contributed by atoms with Crippen molar-refractivity contribution < 1.29 is 18.9 Å². The predicted molar refractivity (Wildman–Crippen MR) is 121 cm³/mol. The van der Waals surface area contributed by atoms with Crippen molar-refractivity contribution in [1.29, 1.82) is 0 Å². The highest BCUT2D eigenvalue weighted by molar-refractivity contribution is 5.63. The van der Waals surface area contributed by atoms with Gasteiger partial charge < -0.3 is 9.05 Å². The quantitative estimate of drug-likeness (QED) is 0.243. The SMILES string of the molecule is O=[N+]([O-])c1cccc(-c2cc(C3CC3)no2)c1.O=[N+]([O-])c1cccc(-c2cc(C3CC3)on2)c1. The second-order valence-corrected chi connectivity index (χ2v) is 8.39. The van der Waals surface area contributed by atoms with Gasteiger partial charge >= 0.3 is 0 Å². The molecule has 0 amide bonds. The molecule has 0 aliphatic heterocycles. The molecule has 2 saturated carbocycles. The predicted octanol–water partition coefficient (Wildman–Crippen LogP) is 6.25. The van der Waals surface area contributed by atoms with Crippen LogP contribution < -0.4 is 0 Å². The second-order valence-electron chi connectivity index (χ2n) is 8.39. The molecule has 0 N–H and O–H groups in total. The first-order chi connectivity index (χ1) is 16.5. The number of hydrogen-bond donors (Lipinski definition) is 0. The van der Waals surface area contributed by atoms with E-state index in [1.54, 1.807) is 24.3 Å². The Kier molecular flexibility index (Phi) is 5.62. The third-order valence-corrected chi connectivity index (χ3v) is 5.73. The summed E-state index contributed by atoms with van der Waals surface area (Å²) in [6.07, 6.45) is 4.59. The topological polar surface area (TPSA) is 138 Å². The van der Waals surface area contributed by atoms with E-state index in [1.165, 1.54) is 24.3 Å². The highest BCUT2D eigenvalue weighted by atomic mass is 16.6. The summed E-state index contributed by atoms with van der Waals surface area (Å²) in [7, 11) is 0. The summed E-state index contributed by atoms with van der Waals surface area (Å²) < 4.78 is 10.4. The highest BCUT2D eigenvalue weighted by Gasteiger charge is 2.28. The smallest absolute Gasteiger partial charge is 0.270 e. The molecule has 2 heterocycles. The van der Waals surface area contributed by atoms with Gasteiger partial charge in [0.25, 0.3) is 11.4 Å². The van der Waals surface area contributed by atoms with Crippen LogP contribution in [0.25, 0.3) is 22.6 Å². The zero-order valence-electron chi connectivity index (χ0n) is 18.0. The number of non-ortho nitro benzene ring substituents is 2. The average Bonchev–Trinajstić information content (AvgIpc) is 3.79. The van der Waals surface area contributed by atoms with Crippen LogP contribution in [-0.4, -0.2) is 20.2 Å². The number of rotatable bonds is 6. The molecule has 2 aliphatic carbocycles. The van der Waals surface area contributed by atoms with Crippen molar-refractivity contribution in [2.24, 2.45) is 0 Å². The van der Waals surface area contributed by atoms with E-state index < -0.39 is 9.85 Å². The summed E-state index contributed by atoms with van der Waals surface area (Å²) in [4.78, 5) is 20.5. The summed E-state index contributed by atoms with van der Waals surface area (Å²) in [6.45, 7) is 0. The Hall–Kier alpha value is -4.34. The fraction of sp³-hybridized carbons (Fsp3) is 0.250. The van der Waals surface area contributed by atoms with Crippen LogP contribution in [0.15, 0.2) is 69.7 Å². The maximum atomic E-state index is 10.7. The van der Waals surface area contributed by atoms with Crippen molar-refractivity contribution >= 4 is 11.4 Å². The number of hydrogen-bond acceptors (Lipinski definition) is 8. The molecule has 0 saturated heterocycles. The molecule has 2 aromatic carbocycles. The van der Waals surface area contributed by atoms with Crippen LogP contribution in [0.2, 0.25) is 0 Å². The molecule has 2 fully saturated rings. The Morgan fingerprint density at radius 3 is 1.97 bits per heavy atom. The molecule has 0 bridgehead atoms. The first-order valence-electron chi connectivity index (χ1n) is 10.9. The van der Waals surface area contributed by atoms with Gasteiger partial charge in [0.1, 0.15) is 11.5 Å². The zero-order chi connectivity index (χ0) is 23.7. The van der Waals surface area contributed by atoms with Crippen LogP contribution >= 0.6 is 0 Å². The highest BCUT2D eigenvalue weighted by Crippen LogP contribution is 2.42. The fourth-order valence-corrected chi connectivity index (χ4v) is 3.53. The van der Waals surface area contributed by atoms with Crippen LogP contribution in [-0.2, 0) is 0 Å². The normalized spacial score (nSPS) is 14.8. The van der Waals surface area contributed by atoms with E-state index in [0.717, 1.165) is 42.7 Å². The van der Waals surface area contributed by atoms with E-state index in [2.05, 4.69) is 10.3 Å². The average molecular weight is 460 g/mol. The van der Waals surface area contributed by atoms with Crippen LogP contribution in [0, 0.1) is 20.2 Å². The molecule has 0 unspecified atom stereocenters. The lowest BCUT2D eigenvalue weighted by molar-refractivity contribution is -0.385. The first kappa shape index (κ1) is 21.5. The monoisotopic (exact) mass is 460 g/mol. The lowest BCUT2D eigenvalue weighted by Crippen LogP contribution is -1.87. The van der Waals surface area contributed by atoms with E-state index in [1.807, 2.05) is 12.1 Å². The molecule has 0 spiro atoms. The molecule has 0 radical (unpaired) electrons. The molecule has 34 heavy (non-hydrogen) atoms. The number of benzene rings is 2. The lowest BCUT2D eigenvalue weighted by atomic mass is 10.1.